The largest absolute Gasteiger partial charge is 0.370 e. The number of hydrogen-bond acceptors (Lipinski definition) is 4. The van der Waals surface area contributed by atoms with Crippen molar-refractivity contribution in [2.45, 2.75) is 6.92 Å². The Morgan fingerprint density at radius 1 is 1.25 bits per heavy atom. The maximum absolute atomic E-state index is 12.0. The zero-order valence-corrected chi connectivity index (χ0v) is 11.0. The SMILES string of the molecule is Cc1c(C(=O)Nc2ccc(C(N)=O)cc2)c(=O)on1C. The van der Waals surface area contributed by atoms with Crippen LogP contribution in [0.1, 0.15) is 26.4 Å². The second kappa shape index (κ2) is 5.04. The molecule has 1 heterocycles. The Balaban J connectivity index is 2.23. The minimum absolute atomic E-state index is 0.0496. The van der Waals surface area contributed by atoms with Crippen LogP contribution in [0.5, 0.6) is 0 Å². The molecule has 0 fully saturated rings. The summed E-state index contributed by atoms with van der Waals surface area (Å²) in [5.41, 5.74) is 5.58. The third-order valence-electron chi connectivity index (χ3n) is 2.91. The van der Waals surface area contributed by atoms with Gasteiger partial charge in [0.15, 0.2) is 0 Å². The van der Waals surface area contributed by atoms with Crippen molar-refractivity contribution in [1.82, 2.24) is 4.74 Å². The standard InChI is InChI=1S/C13H13N3O4/c1-7-10(13(19)20-16(7)2)12(18)15-9-5-3-8(4-6-9)11(14)17/h3-6H,1-2H3,(H2,14,17)(H,15,18). The summed E-state index contributed by atoms with van der Waals surface area (Å²) in [6.07, 6.45) is 0. The quantitative estimate of drug-likeness (QED) is 0.856. The number of nitrogens with zero attached hydrogens (tertiary/aromatic N) is 1. The number of amides is 2. The van der Waals surface area contributed by atoms with Crippen LogP contribution in [-0.2, 0) is 7.05 Å². The van der Waals surface area contributed by atoms with E-state index >= 15 is 0 Å². The fourth-order valence-corrected chi connectivity index (χ4v) is 1.71. The summed E-state index contributed by atoms with van der Waals surface area (Å²) in [5.74, 6) is -1.12. The van der Waals surface area contributed by atoms with Crippen molar-refractivity contribution >= 4 is 17.5 Å². The number of nitrogens with one attached hydrogen (secondary N) is 1. The lowest BCUT2D eigenvalue weighted by atomic mass is 10.2. The molecule has 20 heavy (non-hydrogen) atoms. The van der Waals surface area contributed by atoms with E-state index in [2.05, 4.69) is 5.32 Å². The molecule has 0 saturated carbocycles. The number of carbonyl (C=O) groups is 2. The summed E-state index contributed by atoms with van der Waals surface area (Å²) in [6.45, 7) is 1.61. The summed E-state index contributed by atoms with van der Waals surface area (Å²) in [7, 11) is 1.54. The highest BCUT2D eigenvalue weighted by Crippen LogP contribution is 2.11. The molecule has 1 aromatic heterocycles. The van der Waals surface area contributed by atoms with Crippen molar-refractivity contribution in [2.24, 2.45) is 12.8 Å². The third kappa shape index (κ3) is 2.46. The van der Waals surface area contributed by atoms with Gasteiger partial charge in [-0.1, -0.05) is 0 Å². The Bertz CT molecular complexity index is 725. The van der Waals surface area contributed by atoms with Gasteiger partial charge in [-0.25, -0.2) is 9.53 Å². The number of nitrogens with two attached hydrogens (primary N) is 1. The average Bonchev–Trinajstić information content (AvgIpc) is 2.63. The number of primary amides is 1. The molecule has 0 bridgehead atoms. The van der Waals surface area contributed by atoms with Gasteiger partial charge in [0.2, 0.25) is 5.91 Å². The van der Waals surface area contributed by atoms with E-state index in [-0.39, 0.29) is 5.56 Å². The van der Waals surface area contributed by atoms with E-state index in [1.165, 1.54) is 36.1 Å². The van der Waals surface area contributed by atoms with Crippen LogP contribution in [0.25, 0.3) is 0 Å². The van der Waals surface area contributed by atoms with Gasteiger partial charge in [0.1, 0.15) is 5.56 Å². The Labute approximate surface area is 113 Å². The predicted octanol–water partition coefficient (Wildman–Crippen LogP) is 0.638. The van der Waals surface area contributed by atoms with Crippen LogP contribution in [0.15, 0.2) is 33.6 Å². The lowest BCUT2D eigenvalue weighted by molar-refractivity contribution is 0.0998. The Hall–Kier alpha value is -2.83. The van der Waals surface area contributed by atoms with Crippen LogP contribution < -0.4 is 16.7 Å². The van der Waals surface area contributed by atoms with Gasteiger partial charge in [-0.2, -0.15) is 0 Å². The monoisotopic (exact) mass is 275 g/mol. The first kappa shape index (κ1) is 13.6. The Kier molecular flexibility index (Phi) is 3.43. The highest BCUT2D eigenvalue weighted by Gasteiger charge is 2.19. The van der Waals surface area contributed by atoms with Gasteiger partial charge >= 0.3 is 5.63 Å². The summed E-state index contributed by atoms with van der Waals surface area (Å²) in [4.78, 5) is 34.5. The van der Waals surface area contributed by atoms with Crippen molar-refractivity contribution in [3.05, 3.63) is 51.5 Å². The van der Waals surface area contributed by atoms with E-state index in [9.17, 15) is 14.4 Å². The number of hydrogen-bond donors (Lipinski definition) is 2. The topological polar surface area (TPSA) is 107 Å². The molecule has 1 aromatic carbocycles. The van der Waals surface area contributed by atoms with Crippen LogP contribution in [0.3, 0.4) is 0 Å². The average molecular weight is 275 g/mol. The molecular weight excluding hydrogens is 262 g/mol. The van der Waals surface area contributed by atoms with E-state index < -0.39 is 17.4 Å². The van der Waals surface area contributed by atoms with E-state index in [1.54, 1.807) is 6.92 Å². The van der Waals surface area contributed by atoms with Crippen molar-refractivity contribution in [3.63, 3.8) is 0 Å². The number of aromatic nitrogens is 1. The summed E-state index contributed by atoms with van der Waals surface area (Å²) in [6, 6.07) is 6.02. The molecule has 0 aliphatic rings. The molecular formula is C13H13N3O4. The highest BCUT2D eigenvalue weighted by molar-refractivity contribution is 6.05. The van der Waals surface area contributed by atoms with Crippen molar-refractivity contribution < 1.29 is 14.1 Å². The molecule has 0 unspecified atom stereocenters. The summed E-state index contributed by atoms with van der Waals surface area (Å²) < 4.78 is 6.02. The van der Waals surface area contributed by atoms with Gasteiger partial charge in [-0.15, -0.1) is 0 Å². The number of carbonyl (C=O) groups excluding carboxylic acids is 2. The molecule has 7 heteroatoms. The van der Waals surface area contributed by atoms with Gasteiger partial charge in [0.05, 0.1) is 5.69 Å². The molecule has 2 aromatic rings. The van der Waals surface area contributed by atoms with Crippen LogP contribution in [0.4, 0.5) is 5.69 Å². The van der Waals surface area contributed by atoms with E-state index in [4.69, 9.17) is 10.3 Å². The Morgan fingerprint density at radius 3 is 2.30 bits per heavy atom. The van der Waals surface area contributed by atoms with E-state index in [0.29, 0.717) is 16.9 Å². The maximum Gasteiger partial charge on any atom is 0.370 e. The van der Waals surface area contributed by atoms with Crippen LogP contribution in [0.2, 0.25) is 0 Å². The zero-order valence-electron chi connectivity index (χ0n) is 11.0. The van der Waals surface area contributed by atoms with E-state index in [1.807, 2.05) is 0 Å². The molecule has 0 radical (unpaired) electrons. The molecule has 0 saturated heterocycles. The van der Waals surface area contributed by atoms with E-state index in [0.717, 1.165) is 0 Å². The Morgan fingerprint density at radius 2 is 1.85 bits per heavy atom. The molecule has 0 atom stereocenters. The number of aryl methyl sites for hydroxylation is 1. The molecule has 0 aliphatic carbocycles. The first-order valence-corrected chi connectivity index (χ1v) is 5.78. The number of benzene rings is 1. The molecule has 0 spiro atoms. The van der Waals surface area contributed by atoms with Crippen LogP contribution in [0, 0.1) is 6.92 Å². The van der Waals surface area contributed by atoms with Crippen molar-refractivity contribution in [2.75, 3.05) is 5.32 Å². The van der Waals surface area contributed by atoms with Crippen LogP contribution >= 0.6 is 0 Å². The molecule has 104 valence electrons. The van der Waals surface area contributed by atoms with Gasteiger partial charge < -0.3 is 15.6 Å². The molecule has 2 amide bonds. The lowest BCUT2D eigenvalue weighted by Crippen LogP contribution is -2.19. The van der Waals surface area contributed by atoms with Crippen molar-refractivity contribution in [1.29, 1.82) is 0 Å². The van der Waals surface area contributed by atoms with Gasteiger partial charge in [0, 0.05) is 18.3 Å². The number of anilines is 1. The lowest BCUT2D eigenvalue weighted by Gasteiger charge is -2.04. The molecule has 2 rings (SSSR count). The van der Waals surface area contributed by atoms with Gasteiger partial charge in [-0.05, 0) is 31.2 Å². The fourth-order valence-electron chi connectivity index (χ4n) is 1.71. The summed E-state index contributed by atoms with van der Waals surface area (Å²) >= 11 is 0. The second-order valence-corrected chi connectivity index (χ2v) is 4.23. The third-order valence-corrected chi connectivity index (χ3v) is 2.91. The smallest absolute Gasteiger partial charge is 0.366 e. The maximum atomic E-state index is 12.0. The second-order valence-electron chi connectivity index (χ2n) is 4.23. The summed E-state index contributed by atoms with van der Waals surface area (Å²) in [5, 5.41) is 2.55. The minimum atomic E-state index is -0.698. The van der Waals surface area contributed by atoms with Gasteiger partial charge in [0.25, 0.3) is 5.91 Å². The van der Waals surface area contributed by atoms with Gasteiger partial charge in [-0.3, -0.25) is 9.59 Å². The first-order valence-electron chi connectivity index (χ1n) is 5.78. The predicted molar refractivity (Wildman–Crippen MR) is 71.6 cm³/mol. The highest BCUT2D eigenvalue weighted by atomic mass is 16.5. The first-order chi connectivity index (χ1) is 9.40. The normalized spacial score (nSPS) is 10.3. The van der Waals surface area contributed by atoms with Crippen LogP contribution in [-0.4, -0.2) is 16.6 Å². The molecule has 0 aliphatic heterocycles. The molecule has 7 nitrogen and oxygen atoms in total. The minimum Gasteiger partial charge on any atom is -0.366 e. The molecule has 3 N–H and O–H groups in total. The fraction of sp³-hybridized carbons (Fsp3) is 0.154. The zero-order chi connectivity index (χ0) is 14.9. The van der Waals surface area contributed by atoms with Crippen molar-refractivity contribution in [3.8, 4) is 0 Å². The number of rotatable bonds is 3.